The normalized spacial score (nSPS) is 14.7. The first-order valence-electron chi connectivity index (χ1n) is 7.58. The van der Waals surface area contributed by atoms with E-state index in [1.807, 2.05) is 6.07 Å². The van der Waals surface area contributed by atoms with Crippen LogP contribution < -0.4 is 15.6 Å². The molecule has 1 aliphatic rings. The molecule has 1 aromatic heterocycles. The summed E-state index contributed by atoms with van der Waals surface area (Å²) in [5, 5.41) is 6.84. The van der Waals surface area contributed by atoms with Crippen LogP contribution in [-0.2, 0) is 9.47 Å². The molecule has 0 amide bonds. The van der Waals surface area contributed by atoms with Gasteiger partial charge in [0, 0.05) is 39.0 Å². The fraction of sp³-hybridized carbons (Fsp3) is 0.643. The second kappa shape index (κ2) is 9.16. The lowest BCUT2D eigenvalue weighted by Crippen LogP contribution is -2.37. The zero-order valence-electron chi connectivity index (χ0n) is 13.0. The number of hydrogen-bond acceptors (Lipinski definition) is 8. The Morgan fingerprint density at radius 1 is 1.36 bits per heavy atom. The molecule has 0 aromatic carbocycles. The summed E-state index contributed by atoms with van der Waals surface area (Å²) in [5.41, 5.74) is 2.77. The van der Waals surface area contributed by atoms with E-state index in [1.54, 1.807) is 0 Å². The van der Waals surface area contributed by atoms with E-state index in [9.17, 15) is 0 Å². The maximum atomic E-state index is 5.44. The molecule has 1 aliphatic heterocycles. The van der Waals surface area contributed by atoms with Gasteiger partial charge in [0.15, 0.2) is 5.82 Å². The van der Waals surface area contributed by atoms with Gasteiger partial charge in [-0.25, -0.2) is 0 Å². The molecule has 0 atom stereocenters. The number of hydrogen-bond donors (Lipinski definition) is 2. The van der Waals surface area contributed by atoms with Gasteiger partial charge in [0.05, 0.1) is 19.8 Å². The molecule has 0 saturated carbocycles. The van der Waals surface area contributed by atoms with Gasteiger partial charge in [-0.3, -0.25) is 5.43 Å². The molecule has 8 nitrogen and oxygen atoms in total. The van der Waals surface area contributed by atoms with Crippen molar-refractivity contribution in [1.29, 1.82) is 0 Å². The van der Waals surface area contributed by atoms with Crippen molar-refractivity contribution in [2.45, 2.75) is 13.3 Å². The average molecular weight is 308 g/mol. The molecular formula is C14H24N6O2. The van der Waals surface area contributed by atoms with Crippen molar-refractivity contribution in [1.82, 2.24) is 9.97 Å². The molecular weight excluding hydrogens is 284 g/mol. The highest BCUT2D eigenvalue weighted by Crippen LogP contribution is 2.19. The van der Waals surface area contributed by atoms with Crippen molar-refractivity contribution in [3.63, 3.8) is 0 Å². The summed E-state index contributed by atoms with van der Waals surface area (Å²) in [6, 6.07) is 1.86. The van der Waals surface area contributed by atoms with Crippen LogP contribution in [0, 0.1) is 0 Å². The van der Waals surface area contributed by atoms with Gasteiger partial charge >= 0.3 is 0 Å². The zero-order valence-corrected chi connectivity index (χ0v) is 13.0. The van der Waals surface area contributed by atoms with Crippen molar-refractivity contribution in [2.75, 3.05) is 61.7 Å². The minimum Gasteiger partial charge on any atom is -0.380 e. The van der Waals surface area contributed by atoms with Gasteiger partial charge in [-0.05, 0) is 6.42 Å². The number of aromatic nitrogens is 2. The Labute approximate surface area is 130 Å². The molecule has 0 spiro atoms. The smallest absolute Gasteiger partial charge is 0.226 e. The molecule has 2 N–H and O–H groups in total. The van der Waals surface area contributed by atoms with Crippen molar-refractivity contribution >= 4 is 24.3 Å². The molecule has 122 valence electrons. The average Bonchev–Trinajstić information content (AvgIpc) is 2.56. The Kier molecular flexibility index (Phi) is 6.85. The van der Waals surface area contributed by atoms with Crippen molar-refractivity contribution in [2.24, 2.45) is 5.10 Å². The molecule has 2 heterocycles. The van der Waals surface area contributed by atoms with Gasteiger partial charge in [0.25, 0.3) is 0 Å². The molecule has 0 unspecified atom stereocenters. The summed E-state index contributed by atoms with van der Waals surface area (Å²) in [4.78, 5) is 11.1. The van der Waals surface area contributed by atoms with Crippen molar-refractivity contribution in [3.05, 3.63) is 6.07 Å². The Morgan fingerprint density at radius 2 is 2.18 bits per heavy atom. The Balaban J connectivity index is 2.00. The quantitative estimate of drug-likeness (QED) is 0.402. The maximum Gasteiger partial charge on any atom is 0.226 e. The fourth-order valence-corrected chi connectivity index (χ4v) is 2.09. The minimum absolute atomic E-state index is 0.551. The number of nitrogens with zero attached hydrogens (tertiary/aromatic N) is 4. The number of hydrazone groups is 1. The highest BCUT2D eigenvalue weighted by atomic mass is 16.5. The molecule has 0 bridgehead atoms. The third-order valence-electron chi connectivity index (χ3n) is 3.12. The Bertz CT molecular complexity index is 465. The first-order valence-corrected chi connectivity index (χ1v) is 7.58. The van der Waals surface area contributed by atoms with E-state index in [1.165, 1.54) is 0 Å². The Morgan fingerprint density at radius 3 is 2.91 bits per heavy atom. The lowest BCUT2D eigenvalue weighted by Gasteiger charge is -2.28. The highest BCUT2D eigenvalue weighted by Gasteiger charge is 2.14. The van der Waals surface area contributed by atoms with Gasteiger partial charge in [-0.2, -0.15) is 15.1 Å². The molecule has 0 aliphatic carbocycles. The first-order chi connectivity index (χ1) is 10.8. The number of ether oxygens (including phenoxy) is 2. The van der Waals surface area contributed by atoms with Crippen LogP contribution in [0.1, 0.15) is 13.3 Å². The molecule has 22 heavy (non-hydrogen) atoms. The first kappa shape index (κ1) is 16.4. The SMILES string of the molecule is C=NNc1cc(N2CCOCC2)nc(NCCOCCC)n1. The zero-order chi connectivity index (χ0) is 15.6. The summed E-state index contributed by atoms with van der Waals surface area (Å²) >= 11 is 0. The highest BCUT2D eigenvalue weighted by molar-refractivity contribution is 5.54. The molecule has 2 rings (SSSR count). The maximum absolute atomic E-state index is 5.44. The van der Waals surface area contributed by atoms with E-state index in [0.717, 1.165) is 31.9 Å². The third-order valence-corrected chi connectivity index (χ3v) is 3.12. The summed E-state index contributed by atoms with van der Waals surface area (Å²) in [7, 11) is 0. The minimum atomic E-state index is 0.551. The van der Waals surface area contributed by atoms with E-state index in [0.29, 0.717) is 38.1 Å². The fourth-order valence-electron chi connectivity index (χ4n) is 2.09. The van der Waals surface area contributed by atoms with Crippen LogP contribution in [0.15, 0.2) is 11.2 Å². The van der Waals surface area contributed by atoms with E-state index < -0.39 is 0 Å². The summed E-state index contributed by atoms with van der Waals surface area (Å²) in [6.07, 6.45) is 1.02. The van der Waals surface area contributed by atoms with Gasteiger partial charge in [0.1, 0.15) is 5.82 Å². The van der Waals surface area contributed by atoms with E-state index in [4.69, 9.17) is 9.47 Å². The van der Waals surface area contributed by atoms with Crippen LogP contribution in [0.5, 0.6) is 0 Å². The number of anilines is 3. The summed E-state index contributed by atoms with van der Waals surface area (Å²) in [6.45, 7) is 10.6. The van der Waals surface area contributed by atoms with E-state index >= 15 is 0 Å². The van der Waals surface area contributed by atoms with E-state index in [2.05, 4.69) is 44.4 Å². The van der Waals surface area contributed by atoms with Gasteiger partial charge < -0.3 is 19.7 Å². The monoisotopic (exact) mass is 308 g/mol. The molecule has 1 aromatic rings. The van der Waals surface area contributed by atoms with Gasteiger partial charge in [-0.15, -0.1) is 0 Å². The lowest BCUT2D eigenvalue weighted by molar-refractivity contribution is 0.122. The molecule has 0 radical (unpaired) electrons. The molecule has 1 fully saturated rings. The topological polar surface area (TPSA) is 83.9 Å². The van der Waals surface area contributed by atoms with Crippen molar-refractivity contribution in [3.8, 4) is 0 Å². The number of nitrogens with one attached hydrogen (secondary N) is 2. The van der Waals surface area contributed by atoms with Crippen LogP contribution in [0.25, 0.3) is 0 Å². The second-order valence-corrected chi connectivity index (χ2v) is 4.84. The predicted octanol–water partition coefficient (Wildman–Crippen LogP) is 1.18. The predicted molar refractivity (Wildman–Crippen MR) is 87.8 cm³/mol. The molecule has 1 saturated heterocycles. The van der Waals surface area contributed by atoms with Crippen LogP contribution in [0.4, 0.5) is 17.6 Å². The van der Waals surface area contributed by atoms with Gasteiger partial charge in [-0.1, -0.05) is 6.92 Å². The van der Waals surface area contributed by atoms with Crippen LogP contribution in [0.2, 0.25) is 0 Å². The van der Waals surface area contributed by atoms with Gasteiger partial charge in [0.2, 0.25) is 5.95 Å². The van der Waals surface area contributed by atoms with Crippen LogP contribution >= 0.6 is 0 Å². The number of morpholine rings is 1. The standard InChI is InChI=1S/C14H24N6O2/c1-3-7-21-8-4-16-14-17-12(19-15-2)11-13(18-14)20-5-9-22-10-6-20/h11H,2-10H2,1H3,(H2,16,17,18,19). The lowest BCUT2D eigenvalue weighted by atomic mass is 10.4. The number of rotatable bonds is 9. The molecule has 8 heteroatoms. The van der Waals surface area contributed by atoms with Crippen LogP contribution in [-0.4, -0.2) is 62.7 Å². The second-order valence-electron chi connectivity index (χ2n) is 4.84. The summed E-state index contributed by atoms with van der Waals surface area (Å²) < 4.78 is 10.8. The Hall–Kier alpha value is -1.93. The third kappa shape index (κ3) is 5.12. The van der Waals surface area contributed by atoms with Crippen LogP contribution in [0.3, 0.4) is 0 Å². The summed E-state index contributed by atoms with van der Waals surface area (Å²) in [5.74, 6) is 2.01. The largest absolute Gasteiger partial charge is 0.380 e. The van der Waals surface area contributed by atoms with Crippen molar-refractivity contribution < 1.29 is 9.47 Å². The van der Waals surface area contributed by atoms with E-state index in [-0.39, 0.29) is 0 Å².